The monoisotopic (exact) mass is 486 g/mol. The number of benzene rings is 5. The van der Waals surface area contributed by atoms with Crippen molar-refractivity contribution in [1.82, 2.24) is 19.1 Å². The summed E-state index contributed by atoms with van der Waals surface area (Å²) in [5.41, 5.74) is 5.62. The number of para-hydroxylation sites is 2. The van der Waals surface area contributed by atoms with E-state index in [4.69, 9.17) is 4.98 Å². The highest BCUT2D eigenvalue weighted by molar-refractivity contribution is 6.14. The summed E-state index contributed by atoms with van der Waals surface area (Å²) >= 11 is 0. The SMILES string of the molecule is c1ccc(-c2nccc(-n3c4ccccc4c4cc5cc6ccn(-c7ccccc7)c6cc5cc43)n2)cc1. The van der Waals surface area contributed by atoms with Crippen molar-refractivity contribution in [3.63, 3.8) is 0 Å². The number of hydrogen-bond donors (Lipinski definition) is 0. The number of fused-ring (bicyclic) bond motifs is 5. The predicted octanol–water partition coefficient (Wildman–Crippen LogP) is 8.34. The first kappa shape index (κ1) is 20.9. The van der Waals surface area contributed by atoms with E-state index in [0.29, 0.717) is 0 Å². The largest absolute Gasteiger partial charge is 0.317 e. The van der Waals surface area contributed by atoms with Gasteiger partial charge in [0, 0.05) is 39.8 Å². The molecule has 3 heterocycles. The van der Waals surface area contributed by atoms with Crippen LogP contribution in [-0.2, 0) is 0 Å². The summed E-state index contributed by atoms with van der Waals surface area (Å²) in [4.78, 5) is 9.58. The summed E-state index contributed by atoms with van der Waals surface area (Å²) in [6, 6.07) is 42.6. The molecule has 3 aromatic heterocycles. The van der Waals surface area contributed by atoms with Gasteiger partial charge >= 0.3 is 0 Å². The lowest BCUT2D eigenvalue weighted by Crippen LogP contribution is -2.00. The predicted molar refractivity (Wildman–Crippen MR) is 156 cm³/mol. The van der Waals surface area contributed by atoms with E-state index in [9.17, 15) is 0 Å². The van der Waals surface area contributed by atoms with Crippen molar-refractivity contribution in [1.29, 1.82) is 0 Å². The summed E-state index contributed by atoms with van der Waals surface area (Å²) in [6.45, 7) is 0. The van der Waals surface area contributed by atoms with Crippen LogP contribution in [0.2, 0.25) is 0 Å². The molecule has 8 rings (SSSR count). The van der Waals surface area contributed by atoms with Gasteiger partial charge in [-0.25, -0.2) is 9.97 Å². The van der Waals surface area contributed by atoms with E-state index in [1.54, 1.807) is 0 Å². The molecule has 0 spiro atoms. The fourth-order valence-electron chi connectivity index (χ4n) is 5.61. The summed E-state index contributed by atoms with van der Waals surface area (Å²) in [5, 5.41) is 6.09. The van der Waals surface area contributed by atoms with Crippen LogP contribution in [0.3, 0.4) is 0 Å². The maximum Gasteiger partial charge on any atom is 0.161 e. The Labute approximate surface area is 219 Å². The van der Waals surface area contributed by atoms with Crippen molar-refractivity contribution < 1.29 is 0 Å². The lowest BCUT2D eigenvalue weighted by Gasteiger charge is -2.10. The summed E-state index contributed by atoms with van der Waals surface area (Å²) < 4.78 is 4.52. The molecule has 0 radical (unpaired) electrons. The van der Waals surface area contributed by atoms with Crippen LogP contribution in [0.1, 0.15) is 0 Å². The van der Waals surface area contributed by atoms with E-state index in [1.165, 1.54) is 32.4 Å². The molecule has 0 N–H and O–H groups in total. The second-order valence-corrected chi connectivity index (χ2v) is 9.61. The Morgan fingerprint density at radius 2 is 1.26 bits per heavy atom. The molecular formula is C34H22N4. The van der Waals surface area contributed by atoms with Gasteiger partial charge in [-0.15, -0.1) is 0 Å². The molecule has 0 aliphatic heterocycles. The molecule has 0 saturated carbocycles. The van der Waals surface area contributed by atoms with Crippen LogP contribution in [0.5, 0.6) is 0 Å². The molecule has 4 heteroatoms. The van der Waals surface area contributed by atoms with Crippen LogP contribution in [0.25, 0.3) is 66.4 Å². The van der Waals surface area contributed by atoms with Crippen molar-refractivity contribution in [3.05, 3.63) is 134 Å². The minimum atomic E-state index is 0.720. The molecule has 8 aromatic rings. The molecular weight excluding hydrogens is 464 g/mol. The maximum absolute atomic E-state index is 5.01. The standard InChI is InChI=1S/C34H22N4/c1-3-9-23(10-4-1)34-35-17-15-33(36-34)38-30-14-8-7-13-28(30)29-20-25-19-24-16-18-37(27-11-5-2-6-12-27)31(24)21-26(25)22-32(29)38/h1-22H. The second kappa shape index (κ2) is 8.15. The lowest BCUT2D eigenvalue weighted by molar-refractivity contribution is 1.04. The number of nitrogens with zero attached hydrogens (tertiary/aromatic N) is 4. The third-order valence-electron chi connectivity index (χ3n) is 7.38. The van der Waals surface area contributed by atoms with Crippen LogP contribution in [-0.4, -0.2) is 19.1 Å². The normalized spacial score (nSPS) is 11.7. The lowest BCUT2D eigenvalue weighted by atomic mass is 10.0. The molecule has 5 aromatic carbocycles. The third kappa shape index (κ3) is 3.17. The highest BCUT2D eigenvalue weighted by Crippen LogP contribution is 2.36. The average molecular weight is 487 g/mol. The number of rotatable bonds is 3. The highest BCUT2D eigenvalue weighted by Gasteiger charge is 2.16. The maximum atomic E-state index is 5.01. The van der Waals surface area contributed by atoms with E-state index < -0.39 is 0 Å². The molecule has 0 aliphatic rings. The molecule has 0 fully saturated rings. The Kier molecular flexibility index (Phi) is 4.49. The first-order valence-electron chi connectivity index (χ1n) is 12.8. The van der Waals surface area contributed by atoms with Gasteiger partial charge in [0.1, 0.15) is 5.82 Å². The Bertz CT molecular complexity index is 2120. The molecule has 0 amide bonds. The van der Waals surface area contributed by atoms with Gasteiger partial charge in [-0.3, -0.25) is 4.57 Å². The zero-order valence-corrected chi connectivity index (χ0v) is 20.5. The van der Waals surface area contributed by atoms with Crippen molar-refractivity contribution in [2.75, 3.05) is 0 Å². The van der Waals surface area contributed by atoms with E-state index in [1.807, 2.05) is 42.6 Å². The third-order valence-corrected chi connectivity index (χ3v) is 7.38. The van der Waals surface area contributed by atoms with Gasteiger partial charge < -0.3 is 4.57 Å². The highest BCUT2D eigenvalue weighted by atomic mass is 15.1. The minimum absolute atomic E-state index is 0.720. The molecule has 38 heavy (non-hydrogen) atoms. The smallest absolute Gasteiger partial charge is 0.161 e. The summed E-state index contributed by atoms with van der Waals surface area (Å²) in [5.74, 6) is 1.58. The van der Waals surface area contributed by atoms with Crippen LogP contribution in [0.4, 0.5) is 0 Å². The minimum Gasteiger partial charge on any atom is -0.317 e. The number of hydrogen-bond acceptors (Lipinski definition) is 2. The van der Waals surface area contributed by atoms with Gasteiger partial charge in [-0.05, 0) is 65.4 Å². The molecule has 0 saturated heterocycles. The topological polar surface area (TPSA) is 35.6 Å². The van der Waals surface area contributed by atoms with E-state index in [2.05, 4.69) is 105 Å². The molecule has 178 valence electrons. The Hall–Kier alpha value is -5.22. The zero-order chi connectivity index (χ0) is 25.1. The first-order chi connectivity index (χ1) is 18.8. The first-order valence-corrected chi connectivity index (χ1v) is 12.8. The van der Waals surface area contributed by atoms with Crippen LogP contribution < -0.4 is 0 Å². The van der Waals surface area contributed by atoms with Crippen LogP contribution in [0, 0.1) is 0 Å². The van der Waals surface area contributed by atoms with Crippen LogP contribution >= 0.6 is 0 Å². The molecule has 0 unspecified atom stereocenters. The second-order valence-electron chi connectivity index (χ2n) is 9.61. The Balaban J connectivity index is 1.41. The number of aromatic nitrogens is 4. The van der Waals surface area contributed by atoms with Crippen LogP contribution in [0.15, 0.2) is 134 Å². The van der Waals surface area contributed by atoms with E-state index >= 15 is 0 Å². The van der Waals surface area contributed by atoms with Crippen molar-refractivity contribution in [2.45, 2.75) is 0 Å². The Morgan fingerprint density at radius 1 is 0.526 bits per heavy atom. The fourth-order valence-corrected chi connectivity index (χ4v) is 5.61. The van der Waals surface area contributed by atoms with E-state index in [0.717, 1.165) is 33.9 Å². The summed E-state index contributed by atoms with van der Waals surface area (Å²) in [6.07, 6.45) is 4.00. The molecule has 0 atom stereocenters. The van der Waals surface area contributed by atoms with E-state index in [-0.39, 0.29) is 0 Å². The Morgan fingerprint density at radius 3 is 2.13 bits per heavy atom. The molecule has 0 bridgehead atoms. The average Bonchev–Trinajstić information content (AvgIpc) is 3.54. The zero-order valence-electron chi connectivity index (χ0n) is 20.5. The van der Waals surface area contributed by atoms with Gasteiger partial charge in [0.2, 0.25) is 0 Å². The van der Waals surface area contributed by atoms with Gasteiger partial charge in [-0.1, -0.05) is 66.7 Å². The van der Waals surface area contributed by atoms with Gasteiger partial charge in [0.15, 0.2) is 5.82 Å². The van der Waals surface area contributed by atoms with Crippen molar-refractivity contribution in [2.24, 2.45) is 0 Å². The quantitative estimate of drug-likeness (QED) is 0.252. The van der Waals surface area contributed by atoms with Gasteiger partial charge in [0.25, 0.3) is 0 Å². The summed E-state index contributed by atoms with van der Waals surface area (Å²) in [7, 11) is 0. The molecule has 0 aliphatic carbocycles. The molecule has 4 nitrogen and oxygen atoms in total. The fraction of sp³-hybridized carbons (Fsp3) is 0. The van der Waals surface area contributed by atoms with Crippen molar-refractivity contribution >= 4 is 43.5 Å². The van der Waals surface area contributed by atoms with Gasteiger partial charge in [-0.2, -0.15) is 0 Å². The van der Waals surface area contributed by atoms with Gasteiger partial charge in [0.05, 0.1) is 16.6 Å². The van der Waals surface area contributed by atoms with Crippen molar-refractivity contribution in [3.8, 4) is 22.9 Å².